The minimum atomic E-state index is -0.213. The predicted molar refractivity (Wildman–Crippen MR) is 136 cm³/mol. The Hall–Kier alpha value is -3.60. The van der Waals surface area contributed by atoms with E-state index >= 15 is 0 Å². The average Bonchev–Trinajstić information content (AvgIpc) is 3.18. The van der Waals surface area contributed by atoms with E-state index in [0.717, 1.165) is 38.8 Å². The van der Waals surface area contributed by atoms with Gasteiger partial charge in [0.05, 0.1) is 39.5 Å². The lowest BCUT2D eigenvalue weighted by Crippen LogP contribution is -2.20. The van der Waals surface area contributed by atoms with Crippen LogP contribution in [-0.2, 0) is 11.3 Å². The van der Waals surface area contributed by atoms with Crippen molar-refractivity contribution < 1.29 is 4.79 Å². The maximum atomic E-state index is 12.3. The molecular formula is C27H19Cl2N3O. The molecule has 0 aliphatic carbocycles. The Bertz CT molecular complexity index is 1510. The van der Waals surface area contributed by atoms with Crippen molar-refractivity contribution in [2.24, 2.45) is 0 Å². The van der Waals surface area contributed by atoms with E-state index in [0.29, 0.717) is 16.6 Å². The summed E-state index contributed by atoms with van der Waals surface area (Å²) in [7, 11) is 0. The highest BCUT2D eigenvalue weighted by Gasteiger charge is 2.13. The maximum Gasteiger partial charge on any atom is 0.244 e. The fourth-order valence-corrected chi connectivity index (χ4v) is 4.19. The topological polar surface area (TPSA) is 46.9 Å². The van der Waals surface area contributed by atoms with Gasteiger partial charge in [-0.25, -0.2) is 0 Å². The van der Waals surface area contributed by atoms with Gasteiger partial charge in [-0.1, -0.05) is 65.7 Å². The molecule has 0 saturated heterocycles. The summed E-state index contributed by atoms with van der Waals surface area (Å²) in [5.41, 5.74) is 4.81. The van der Waals surface area contributed by atoms with Gasteiger partial charge < -0.3 is 9.88 Å². The summed E-state index contributed by atoms with van der Waals surface area (Å²) >= 11 is 12.0. The van der Waals surface area contributed by atoms with Crippen LogP contribution in [0, 0.1) is 0 Å². The standard InChI is InChI=1S/C27H19Cl2N3O/c28-23-12-10-18(14-24(23)29)11-13-27(33)31-16-19-15-22-21-8-4-5-9-25(21)32(26(22)17-30-19)20-6-2-1-3-7-20/h1-15,17H,16H2,(H,31,33)/b13-11+. The summed E-state index contributed by atoms with van der Waals surface area (Å²) in [6, 6.07) is 25.8. The summed E-state index contributed by atoms with van der Waals surface area (Å²) < 4.78 is 2.21. The van der Waals surface area contributed by atoms with Crippen LogP contribution in [0.2, 0.25) is 10.0 Å². The monoisotopic (exact) mass is 471 g/mol. The minimum absolute atomic E-state index is 0.213. The third kappa shape index (κ3) is 4.36. The first-order valence-corrected chi connectivity index (χ1v) is 11.2. The summed E-state index contributed by atoms with van der Waals surface area (Å²) in [5, 5.41) is 6.06. The number of hydrogen-bond donors (Lipinski definition) is 1. The van der Waals surface area contributed by atoms with E-state index in [2.05, 4.69) is 39.1 Å². The van der Waals surface area contributed by atoms with Crippen molar-refractivity contribution in [3.63, 3.8) is 0 Å². The highest BCUT2D eigenvalue weighted by Crippen LogP contribution is 2.31. The van der Waals surface area contributed by atoms with Crippen LogP contribution >= 0.6 is 23.2 Å². The van der Waals surface area contributed by atoms with E-state index in [-0.39, 0.29) is 5.91 Å². The van der Waals surface area contributed by atoms with Crippen LogP contribution in [0.25, 0.3) is 33.6 Å². The highest BCUT2D eigenvalue weighted by atomic mass is 35.5. The minimum Gasteiger partial charge on any atom is -0.347 e. The molecule has 6 heteroatoms. The van der Waals surface area contributed by atoms with Gasteiger partial charge in [0.1, 0.15) is 0 Å². The number of amides is 1. The molecule has 2 aromatic heterocycles. The van der Waals surface area contributed by atoms with E-state index in [1.54, 1.807) is 24.3 Å². The number of para-hydroxylation sites is 2. The zero-order valence-corrected chi connectivity index (χ0v) is 19.0. The lowest BCUT2D eigenvalue weighted by Gasteiger charge is -2.07. The second-order valence-corrected chi connectivity index (χ2v) is 8.42. The fraction of sp³-hybridized carbons (Fsp3) is 0.0370. The van der Waals surface area contributed by atoms with Crippen molar-refractivity contribution in [2.45, 2.75) is 6.54 Å². The van der Waals surface area contributed by atoms with Crippen molar-refractivity contribution in [2.75, 3.05) is 0 Å². The molecule has 0 radical (unpaired) electrons. The van der Waals surface area contributed by atoms with Gasteiger partial charge in [-0.05, 0) is 48.0 Å². The van der Waals surface area contributed by atoms with Crippen LogP contribution in [0.3, 0.4) is 0 Å². The van der Waals surface area contributed by atoms with Gasteiger partial charge in [-0.15, -0.1) is 0 Å². The maximum absolute atomic E-state index is 12.3. The zero-order chi connectivity index (χ0) is 22.8. The van der Waals surface area contributed by atoms with Gasteiger partial charge in [0.25, 0.3) is 0 Å². The van der Waals surface area contributed by atoms with E-state index in [9.17, 15) is 4.79 Å². The Balaban J connectivity index is 1.40. The largest absolute Gasteiger partial charge is 0.347 e. The first-order chi connectivity index (χ1) is 16.1. The number of fused-ring (bicyclic) bond motifs is 3. The average molecular weight is 472 g/mol. The molecule has 0 saturated carbocycles. The number of carbonyl (C=O) groups is 1. The molecule has 0 unspecified atom stereocenters. The molecule has 0 atom stereocenters. The van der Waals surface area contributed by atoms with Crippen LogP contribution in [0.5, 0.6) is 0 Å². The van der Waals surface area contributed by atoms with E-state index in [1.165, 1.54) is 6.08 Å². The van der Waals surface area contributed by atoms with Crippen LogP contribution in [0.15, 0.2) is 91.1 Å². The lowest BCUT2D eigenvalue weighted by molar-refractivity contribution is -0.116. The second-order valence-electron chi connectivity index (χ2n) is 7.61. The molecule has 1 N–H and O–H groups in total. The zero-order valence-electron chi connectivity index (χ0n) is 17.5. The summed E-state index contributed by atoms with van der Waals surface area (Å²) in [6.07, 6.45) is 5.04. The number of benzene rings is 3. The van der Waals surface area contributed by atoms with E-state index in [4.69, 9.17) is 23.2 Å². The second kappa shape index (κ2) is 9.10. The highest BCUT2D eigenvalue weighted by molar-refractivity contribution is 6.42. The Kier molecular flexibility index (Phi) is 5.86. The van der Waals surface area contributed by atoms with Gasteiger partial charge in [0.15, 0.2) is 0 Å². The molecule has 5 rings (SSSR count). The first kappa shape index (κ1) is 21.3. The van der Waals surface area contributed by atoms with Crippen LogP contribution in [0.1, 0.15) is 11.3 Å². The van der Waals surface area contributed by atoms with Gasteiger partial charge >= 0.3 is 0 Å². The Morgan fingerprint density at radius 3 is 2.48 bits per heavy atom. The lowest BCUT2D eigenvalue weighted by atomic mass is 10.1. The number of hydrogen-bond acceptors (Lipinski definition) is 2. The van der Waals surface area contributed by atoms with Crippen LogP contribution in [0.4, 0.5) is 0 Å². The molecule has 33 heavy (non-hydrogen) atoms. The van der Waals surface area contributed by atoms with Gasteiger partial charge in [0.2, 0.25) is 5.91 Å². The molecule has 0 aliphatic rings. The number of nitrogens with zero attached hydrogens (tertiary/aromatic N) is 2. The first-order valence-electron chi connectivity index (χ1n) is 10.4. The fourth-order valence-electron chi connectivity index (χ4n) is 3.89. The summed E-state index contributed by atoms with van der Waals surface area (Å²) in [5.74, 6) is -0.213. The molecule has 0 spiro atoms. The summed E-state index contributed by atoms with van der Waals surface area (Å²) in [6.45, 7) is 0.325. The summed E-state index contributed by atoms with van der Waals surface area (Å²) in [4.78, 5) is 16.9. The van der Waals surface area contributed by atoms with E-state index < -0.39 is 0 Å². The van der Waals surface area contributed by atoms with Crippen LogP contribution < -0.4 is 5.32 Å². The predicted octanol–water partition coefficient (Wildman–Crippen LogP) is 6.82. The number of rotatable bonds is 5. The van der Waals surface area contributed by atoms with Crippen LogP contribution in [-0.4, -0.2) is 15.5 Å². The normalized spacial score (nSPS) is 11.5. The Morgan fingerprint density at radius 2 is 1.67 bits per heavy atom. The molecule has 3 aromatic carbocycles. The van der Waals surface area contributed by atoms with Crippen molar-refractivity contribution in [1.82, 2.24) is 14.9 Å². The van der Waals surface area contributed by atoms with Gasteiger partial charge in [-0.3, -0.25) is 9.78 Å². The van der Waals surface area contributed by atoms with Crippen molar-refractivity contribution in [3.05, 3.63) is 112 Å². The van der Waals surface area contributed by atoms with Gasteiger partial charge in [-0.2, -0.15) is 0 Å². The van der Waals surface area contributed by atoms with E-state index in [1.807, 2.05) is 42.6 Å². The molecule has 2 heterocycles. The number of halogens is 2. The van der Waals surface area contributed by atoms with Crippen molar-refractivity contribution in [3.8, 4) is 5.69 Å². The molecule has 0 fully saturated rings. The number of nitrogens with one attached hydrogen (secondary N) is 1. The van der Waals surface area contributed by atoms with Crippen molar-refractivity contribution in [1.29, 1.82) is 0 Å². The third-order valence-corrected chi connectivity index (χ3v) is 6.18. The molecule has 0 aliphatic heterocycles. The molecule has 162 valence electrons. The number of carbonyl (C=O) groups excluding carboxylic acids is 1. The number of pyridine rings is 1. The molecule has 5 aromatic rings. The van der Waals surface area contributed by atoms with Gasteiger partial charge in [0, 0.05) is 22.5 Å². The Labute approximate surface area is 201 Å². The molecule has 0 bridgehead atoms. The number of aromatic nitrogens is 2. The Morgan fingerprint density at radius 1 is 0.879 bits per heavy atom. The van der Waals surface area contributed by atoms with Crippen molar-refractivity contribution >= 4 is 57.0 Å². The quantitative estimate of drug-likeness (QED) is 0.286. The molecule has 1 amide bonds. The third-order valence-electron chi connectivity index (χ3n) is 5.44. The smallest absolute Gasteiger partial charge is 0.244 e. The molecular weight excluding hydrogens is 453 g/mol. The SMILES string of the molecule is O=C(/C=C/c1ccc(Cl)c(Cl)c1)NCc1cc2c3ccccc3n(-c3ccccc3)c2cn1. The molecule has 4 nitrogen and oxygen atoms in total.